The van der Waals surface area contributed by atoms with Crippen molar-refractivity contribution in [3.63, 3.8) is 0 Å². The molecule has 0 saturated heterocycles. The first-order valence-corrected chi connectivity index (χ1v) is 6.26. The third-order valence-corrected chi connectivity index (χ3v) is 3.46. The smallest absolute Gasteiger partial charge is 0.253 e. The van der Waals surface area contributed by atoms with Gasteiger partial charge in [-0.15, -0.1) is 0 Å². The Morgan fingerprint density at radius 1 is 1.44 bits per heavy atom. The molecule has 0 aliphatic rings. The Hall–Kier alpha value is -0.590. The van der Waals surface area contributed by atoms with Gasteiger partial charge in [0.1, 0.15) is 0 Å². The average molecular weight is 349 g/mol. The highest BCUT2D eigenvalue weighted by atomic mass is 127. The zero-order chi connectivity index (χ0) is 11.7. The van der Waals surface area contributed by atoms with Crippen molar-refractivity contribution >= 4 is 45.3 Å². The largest absolute Gasteiger partial charge is 0.322 e. The van der Waals surface area contributed by atoms with E-state index in [1.807, 2.05) is 31.2 Å². The number of hydrogen-bond acceptors (Lipinski definition) is 2. The second-order valence-electron chi connectivity index (χ2n) is 3.62. The molecule has 2 rings (SSSR count). The minimum Gasteiger partial charge on any atom is -0.322 e. The van der Waals surface area contributed by atoms with E-state index in [4.69, 9.17) is 11.8 Å². The normalized spacial score (nSPS) is 12.9. The zero-order valence-corrected chi connectivity index (χ0v) is 11.5. The number of aromatic amines is 1. The fourth-order valence-corrected chi connectivity index (χ4v) is 2.21. The van der Waals surface area contributed by atoms with Crippen LogP contribution in [0.5, 0.6) is 0 Å². The molecule has 0 aliphatic heterocycles. The number of pyridine rings is 1. The Morgan fingerprint density at radius 3 is 2.88 bits per heavy atom. The van der Waals surface area contributed by atoms with Crippen LogP contribution in [0.15, 0.2) is 29.1 Å². The molecule has 2 aromatic rings. The zero-order valence-electron chi connectivity index (χ0n) is 8.55. The highest BCUT2D eigenvalue weighted by Gasteiger charge is 2.09. The number of hydrogen-bond donors (Lipinski definition) is 2. The SMILES string of the molecule is C[C@@H](NCl)c1cc2cc(I)ccc2[nH]c1=O. The van der Waals surface area contributed by atoms with Gasteiger partial charge in [-0.1, -0.05) is 0 Å². The third kappa shape index (κ3) is 2.23. The number of nitrogens with one attached hydrogen (secondary N) is 2. The van der Waals surface area contributed by atoms with Crippen LogP contribution < -0.4 is 10.4 Å². The van der Waals surface area contributed by atoms with E-state index < -0.39 is 0 Å². The fraction of sp³-hybridized carbons (Fsp3) is 0.182. The maximum absolute atomic E-state index is 11.8. The van der Waals surface area contributed by atoms with Crippen LogP contribution in [0.25, 0.3) is 10.9 Å². The second kappa shape index (κ2) is 4.73. The van der Waals surface area contributed by atoms with E-state index in [1.165, 1.54) is 0 Å². The molecule has 1 atom stereocenters. The molecule has 0 bridgehead atoms. The van der Waals surface area contributed by atoms with Gasteiger partial charge >= 0.3 is 0 Å². The van der Waals surface area contributed by atoms with E-state index in [2.05, 4.69) is 32.4 Å². The Morgan fingerprint density at radius 2 is 2.19 bits per heavy atom. The monoisotopic (exact) mass is 348 g/mol. The van der Waals surface area contributed by atoms with Gasteiger partial charge < -0.3 is 4.98 Å². The van der Waals surface area contributed by atoms with Crippen LogP contribution in [0.1, 0.15) is 18.5 Å². The lowest BCUT2D eigenvalue weighted by atomic mass is 10.1. The van der Waals surface area contributed by atoms with Crippen LogP contribution in [-0.2, 0) is 0 Å². The summed E-state index contributed by atoms with van der Waals surface area (Å²) in [5.41, 5.74) is 1.38. The van der Waals surface area contributed by atoms with Crippen molar-refractivity contribution in [2.45, 2.75) is 13.0 Å². The molecule has 1 aromatic carbocycles. The van der Waals surface area contributed by atoms with Gasteiger partial charge in [0.2, 0.25) is 0 Å². The van der Waals surface area contributed by atoms with Gasteiger partial charge in [-0.3, -0.25) is 4.79 Å². The third-order valence-electron chi connectivity index (χ3n) is 2.47. The lowest BCUT2D eigenvalue weighted by molar-refractivity contribution is 0.735. The van der Waals surface area contributed by atoms with E-state index in [1.54, 1.807) is 0 Å². The summed E-state index contributed by atoms with van der Waals surface area (Å²) in [6, 6.07) is 7.59. The van der Waals surface area contributed by atoms with Gasteiger partial charge in [-0.05, 0) is 70.9 Å². The van der Waals surface area contributed by atoms with E-state index >= 15 is 0 Å². The summed E-state index contributed by atoms with van der Waals surface area (Å²) in [6.07, 6.45) is 0. The Kier molecular flexibility index (Phi) is 3.51. The molecule has 0 saturated carbocycles. The molecule has 3 nitrogen and oxygen atoms in total. The minimum atomic E-state index is -0.173. The van der Waals surface area contributed by atoms with Gasteiger partial charge in [-0.2, -0.15) is 0 Å². The summed E-state index contributed by atoms with van der Waals surface area (Å²) >= 11 is 7.78. The van der Waals surface area contributed by atoms with Crippen LogP contribution in [0.2, 0.25) is 0 Å². The molecule has 84 valence electrons. The average Bonchev–Trinajstić information content (AvgIpc) is 2.28. The molecule has 0 unspecified atom stereocenters. The predicted octanol–water partition coefficient (Wildman–Crippen LogP) is 2.94. The number of fused-ring (bicyclic) bond motifs is 1. The topological polar surface area (TPSA) is 44.9 Å². The van der Waals surface area contributed by atoms with Gasteiger partial charge in [0, 0.05) is 20.7 Å². The quantitative estimate of drug-likeness (QED) is 0.647. The van der Waals surface area contributed by atoms with Crippen molar-refractivity contribution in [2.24, 2.45) is 0 Å². The molecular weight excluding hydrogens is 338 g/mol. The van der Waals surface area contributed by atoms with Gasteiger partial charge in [0.25, 0.3) is 5.56 Å². The second-order valence-corrected chi connectivity index (χ2v) is 5.08. The molecule has 5 heteroatoms. The first kappa shape index (κ1) is 11.9. The van der Waals surface area contributed by atoms with Crippen molar-refractivity contribution in [1.82, 2.24) is 9.82 Å². The lowest BCUT2D eigenvalue weighted by Gasteiger charge is -2.09. The van der Waals surface area contributed by atoms with E-state index in [0.717, 1.165) is 14.5 Å². The van der Waals surface area contributed by atoms with E-state index in [9.17, 15) is 4.79 Å². The number of aromatic nitrogens is 1. The van der Waals surface area contributed by atoms with Gasteiger partial charge in [0.05, 0.1) is 0 Å². The van der Waals surface area contributed by atoms with Crippen LogP contribution in [-0.4, -0.2) is 4.98 Å². The first-order chi connectivity index (χ1) is 7.61. The minimum absolute atomic E-state index is 0.102. The molecule has 2 N–H and O–H groups in total. The Bertz CT molecular complexity index is 582. The van der Waals surface area contributed by atoms with E-state index in [-0.39, 0.29) is 11.6 Å². The molecule has 16 heavy (non-hydrogen) atoms. The number of H-pyrrole nitrogens is 1. The maximum atomic E-state index is 11.8. The molecule has 0 spiro atoms. The van der Waals surface area contributed by atoms with Crippen molar-refractivity contribution in [1.29, 1.82) is 0 Å². The van der Waals surface area contributed by atoms with Gasteiger partial charge in [0.15, 0.2) is 0 Å². The number of rotatable bonds is 2. The molecule has 0 radical (unpaired) electrons. The summed E-state index contributed by atoms with van der Waals surface area (Å²) in [4.78, 5) is 17.2. The molecule has 0 amide bonds. The highest BCUT2D eigenvalue weighted by molar-refractivity contribution is 14.1. The van der Waals surface area contributed by atoms with E-state index in [0.29, 0.717) is 5.56 Å². The number of halogens is 2. The Balaban J connectivity index is 2.69. The molecule has 0 aliphatic carbocycles. The van der Waals surface area contributed by atoms with Crippen molar-refractivity contribution in [2.75, 3.05) is 0 Å². The summed E-state index contributed by atoms with van der Waals surface area (Å²) in [5, 5.41) is 1.01. The molecule has 0 fully saturated rings. The van der Waals surface area contributed by atoms with Crippen molar-refractivity contribution in [3.8, 4) is 0 Å². The fourth-order valence-electron chi connectivity index (χ4n) is 1.57. The lowest BCUT2D eigenvalue weighted by Crippen LogP contribution is -2.19. The van der Waals surface area contributed by atoms with Crippen molar-refractivity contribution in [3.05, 3.63) is 43.8 Å². The van der Waals surface area contributed by atoms with Crippen LogP contribution in [0, 0.1) is 3.57 Å². The summed E-state index contributed by atoms with van der Waals surface area (Å²) in [5.74, 6) is 0. The molecular formula is C11H10ClIN2O. The van der Waals surface area contributed by atoms with Crippen LogP contribution in [0.4, 0.5) is 0 Å². The van der Waals surface area contributed by atoms with Crippen LogP contribution >= 0.6 is 34.4 Å². The summed E-state index contributed by atoms with van der Waals surface area (Å²) in [6.45, 7) is 1.84. The standard InChI is InChI=1S/C11H10ClIN2O/c1-6(15-12)9-5-7-4-8(13)2-3-10(7)14-11(9)16/h2-6,15H,1H3,(H,14,16)/t6-/m1/s1. The van der Waals surface area contributed by atoms with Crippen molar-refractivity contribution < 1.29 is 0 Å². The molecule has 1 aromatic heterocycles. The summed E-state index contributed by atoms with van der Waals surface area (Å²) in [7, 11) is 0. The van der Waals surface area contributed by atoms with Gasteiger partial charge in [-0.25, -0.2) is 4.84 Å². The number of benzene rings is 1. The highest BCUT2D eigenvalue weighted by Crippen LogP contribution is 2.17. The maximum Gasteiger partial charge on any atom is 0.253 e. The summed E-state index contributed by atoms with van der Waals surface area (Å²) < 4.78 is 1.13. The predicted molar refractivity (Wildman–Crippen MR) is 74.7 cm³/mol. The van der Waals surface area contributed by atoms with Crippen LogP contribution in [0.3, 0.4) is 0 Å². The molecule has 1 heterocycles. The first-order valence-electron chi connectivity index (χ1n) is 4.80. The Labute approximate surface area is 111 Å².